The number of hydrogen-bond donors (Lipinski definition) is 0. The highest BCUT2D eigenvalue weighted by molar-refractivity contribution is 7.10. The maximum Gasteiger partial charge on any atom is 0.254 e. The van der Waals surface area contributed by atoms with E-state index in [1.54, 1.807) is 40.5 Å². The second-order valence-corrected chi connectivity index (χ2v) is 9.24. The normalized spacial score (nSPS) is 10.9. The van der Waals surface area contributed by atoms with Gasteiger partial charge in [-0.25, -0.2) is 0 Å². The molecule has 0 radical (unpaired) electrons. The van der Waals surface area contributed by atoms with Crippen LogP contribution in [0.1, 0.15) is 40.2 Å². The highest BCUT2D eigenvalue weighted by Gasteiger charge is 2.25. The van der Waals surface area contributed by atoms with Gasteiger partial charge in [0.1, 0.15) is 6.54 Å². The van der Waals surface area contributed by atoms with E-state index in [9.17, 15) is 9.59 Å². The SMILES string of the molecule is Cc1ccsc1CN(Cc1ccccc1)C(=O)CN(C(=O)c1cccc(Cl)c1)C(C)C. The molecule has 0 bridgehead atoms. The Balaban J connectivity index is 1.82. The number of hydrogen-bond acceptors (Lipinski definition) is 3. The lowest BCUT2D eigenvalue weighted by atomic mass is 10.1. The molecule has 0 saturated heterocycles. The lowest BCUT2D eigenvalue weighted by Gasteiger charge is -2.30. The summed E-state index contributed by atoms with van der Waals surface area (Å²) in [6.45, 7) is 6.92. The summed E-state index contributed by atoms with van der Waals surface area (Å²) in [7, 11) is 0. The number of aryl methyl sites for hydroxylation is 1. The standard InChI is InChI=1S/C25H27ClN2O2S/c1-18(2)28(25(30)21-10-7-11-22(26)14-21)17-24(29)27(15-20-8-5-4-6-9-20)16-23-19(3)12-13-31-23/h4-14,18H,15-17H2,1-3H3. The van der Waals surface area contributed by atoms with Gasteiger partial charge < -0.3 is 9.80 Å². The molecule has 0 aliphatic carbocycles. The Morgan fingerprint density at radius 1 is 1.00 bits per heavy atom. The molecule has 0 spiro atoms. The Morgan fingerprint density at radius 2 is 1.74 bits per heavy atom. The van der Waals surface area contributed by atoms with E-state index in [1.807, 2.05) is 54.5 Å². The van der Waals surface area contributed by atoms with Gasteiger partial charge in [-0.05, 0) is 61.5 Å². The van der Waals surface area contributed by atoms with Crippen molar-refractivity contribution in [1.29, 1.82) is 0 Å². The monoisotopic (exact) mass is 454 g/mol. The van der Waals surface area contributed by atoms with E-state index < -0.39 is 0 Å². The van der Waals surface area contributed by atoms with Gasteiger partial charge in [-0.1, -0.05) is 48.0 Å². The second-order valence-electron chi connectivity index (χ2n) is 7.80. The molecule has 0 unspecified atom stereocenters. The van der Waals surface area contributed by atoms with Crippen LogP contribution in [0.4, 0.5) is 0 Å². The first-order valence-corrected chi connectivity index (χ1v) is 11.5. The minimum atomic E-state index is -0.196. The van der Waals surface area contributed by atoms with Gasteiger partial charge in [-0.3, -0.25) is 9.59 Å². The molecule has 0 atom stereocenters. The largest absolute Gasteiger partial charge is 0.332 e. The molecule has 0 N–H and O–H groups in total. The van der Waals surface area contributed by atoms with E-state index in [2.05, 4.69) is 13.0 Å². The molecule has 0 aliphatic rings. The van der Waals surface area contributed by atoms with Crippen LogP contribution >= 0.6 is 22.9 Å². The smallest absolute Gasteiger partial charge is 0.254 e. The van der Waals surface area contributed by atoms with Crippen molar-refractivity contribution in [2.24, 2.45) is 0 Å². The summed E-state index contributed by atoms with van der Waals surface area (Å²) in [6, 6.07) is 18.7. The van der Waals surface area contributed by atoms with Crippen molar-refractivity contribution in [3.05, 3.63) is 92.6 Å². The van der Waals surface area contributed by atoms with Crippen LogP contribution in [-0.4, -0.2) is 34.2 Å². The zero-order valence-corrected chi connectivity index (χ0v) is 19.6. The van der Waals surface area contributed by atoms with E-state index in [1.165, 1.54) is 5.56 Å². The van der Waals surface area contributed by atoms with Gasteiger partial charge in [0.05, 0.1) is 6.54 Å². The molecule has 4 nitrogen and oxygen atoms in total. The van der Waals surface area contributed by atoms with Gasteiger partial charge in [0.2, 0.25) is 5.91 Å². The molecule has 0 saturated carbocycles. The molecule has 1 aromatic heterocycles. The Bertz CT molecular complexity index is 1030. The first-order valence-electron chi connectivity index (χ1n) is 10.3. The molecular formula is C25H27ClN2O2S. The van der Waals surface area contributed by atoms with Gasteiger partial charge in [0, 0.05) is 28.0 Å². The molecule has 3 rings (SSSR count). The van der Waals surface area contributed by atoms with Crippen molar-refractivity contribution in [1.82, 2.24) is 9.80 Å². The Labute approximate surface area is 193 Å². The van der Waals surface area contributed by atoms with Crippen molar-refractivity contribution < 1.29 is 9.59 Å². The van der Waals surface area contributed by atoms with Crippen LogP contribution in [-0.2, 0) is 17.9 Å². The zero-order valence-electron chi connectivity index (χ0n) is 18.0. The van der Waals surface area contributed by atoms with Gasteiger partial charge >= 0.3 is 0 Å². The summed E-state index contributed by atoms with van der Waals surface area (Å²) in [5, 5.41) is 2.54. The Morgan fingerprint density at radius 3 is 2.35 bits per heavy atom. The van der Waals surface area contributed by atoms with E-state index >= 15 is 0 Å². The Hall–Kier alpha value is -2.63. The molecule has 162 valence electrons. The fourth-order valence-electron chi connectivity index (χ4n) is 3.30. The highest BCUT2D eigenvalue weighted by atomic mass is 35.5. The first-order chi connectivity index (χ1) is 14.8. The number of halogens is 1. The number of nitrogens with zero attached hydrogens (tertiary/aromatic N) is 2. The number of rotatable bonds is 8. The third kappa shape index (κ3) is 6.18. The number of carbonyl (C=O) groups is 2. The molecule has 2 aromatic carbocycles. The molecule has 31 heavy (non-hydrogen) atoms. The van der Waals surface area contributed by atoms with Crippen LogP contribution in [0, 0.1) is 6.92 Å². The lowest BCUT2D eigenvalue weighted by Crippen LogP contribution is -2.45. The lowest BCUT2D eigenvalue weighted by molar-refractivity contribution is -0.133. The van der Waals surface area contributed by atoms with Crippen LogP contribution in [0.25, 0.3) is 0 Å². The van der Waals surface area contributed by atoms with Crippen LogP contribution in [0.2, 0.25) is 5.02 Å². The average molecular weight is 455 g/mol. The summed E-state index contributed by atoms with van der Waals surface area (Å²) in [5.41, 5.74) is 2.71. The average Bonchev–Trinajstić information content (AvgIpc) is 3.16. The first kappa shape index (κ1) is 23.0. The molecular weight excluding hydrogens is 428 g/mol. The third-order valence-electron chi connectivity index (χ3n) is 5.13. The zero-order chi connectivity index (χ0) is 22.4. The van der Waals surface area contributed by atoms with E-state index in [-0.39, 0.29) is 24.4 Å². The highest BCUT2D eigenvalue weighted by Crippen LogP contribution is 2.20. The molecule has 1 heterocycles. The van der Waals surface area contributed by atoms with Crippen molar-refractivity contribution in [3.63, 3.8) is 0 Å². The second kappa shape index (κ2) is 10.6. The maximum atomic E-state index is 13.4. The Kier molecular flexibility index (Phi) is 7.88. The van der Waals surface area contributed by atoms with Gasteiger partial charge in [0.25, 0.3) is 5.91 Å². The quantitative estimate of drug-likeness (QED) is 0.432. The summed E-state index contributed by atoms with van der Waals surface area (Å²) in [5.74, 6) is -0.279. The molecule has 6 heteroatoms. The predicted molar refractivity (Wildman–Crippen MR) is 127 cm³/mol. The topological polar surface area (TPSA) is 40.6 Å². The number of benzene rings is 2. The summed E-state index contributed by atoms with van der Waals surface area (Å²) in [6.07, 6.45) is 0. The minimum absolute atomic E-state index is 0.0142. The minimum Gasteiger partial charge on any atom is -0.332 e. The fraction of sp³-hybridized carbons (Fsp3) is 0.280. The van der Waals surface area contributed by atoms with Gasteiger partial charge in [-0.2, -0.15) is 0 Å². The van der Waals surface area contributed by atoms with Crippen molar-refractivity contribution in [2.45, 2.75) is 39.9 Å². The van der Waals surface area contributed by atoms with Crippen LogP contribution in [0.3, 0.4) is 0 Å². The number of thiophene rings is 1. The van der Waals surface area contributed by atoms with Crippen molar-refractivity contribution in [2.75, 3.05) is 6.54 Å². The summed E-state index contributed by atoms with van der Waals surface area (Å²) >= 11 is 7.72. The molecule has 3 aromatic rings. The number of amides is 2. The summed E-state index contributed by atoms with van der Waals surface area (Å²) in [4.78, 5) is 31.1. The van der Waals surface area contributed by atoms with E-state index in [4.69, 9.17) is 11.6 Å². The van der Waals surface area contributed by atoms with Crippen LogP contribution in [0.15, 0.2) is 66.0 Å². The van der Waals surface area contributed by atoms with Crippen LogP contribution < -0.4 is 0 Å². The van der Waals surface area contributed by atoms with Gasteiger partial charge in [0.15, 0.2) is 0 Å². The predicted octanol–water partition coefficient (Wildman–Crippen LogP) is 5.79. The third-order valence-corrected chi connectivity index (χ3v) is 6.38. The van der Waals surface area contributed by atoms with Crippen molar-refractivity contribution in [3.8, 4) is 0 Å². The number of carbonyl (C=O) groups excluding carboxylic acids is 2. The van der Waals surface area contributed by atoms with Crippen molar-refractivity contribution >= 4 is 34.8 Å². The maximum absolute atomic E-state index is 13.4. The fourth-order valence-corrected chi connectivity index (χ4v) is 4.41. The van der Waals surface area contributed by atoms with E-state index in [0.29, 0.717) is 23.7 Å². The summed E-state index contributed by atoms with van der Waals surface area (Å²) < 4.78 is 0. The van der Waals surface area contributed by atoms with Crippen LogP contribution in [0.5, 0.6) is 0 Å². The molecule has 0 aliphatic heterocycles. The van der Waals surface area contributed by atoms with Gasteiger partial charge in [-0.15, -0.1) is 11.3 Å². The molecule has 0 fully saturated rings. The van der Waals surface area contributed by atoms with E-state index in [0.717, 1.165) is 10.4 Å². The molecule has 2 amide bonds.